The number of rotatable bonds is 8. The molecule has 0 radical (unpaired) electrons. The molecule has 1 atom stereocenters. The first kappa shape index (κ1) is 24.8. The number of alkyl halides is 1. The molecule has 0 aliphatic heterocycles. The third kappa shape index (κ3) is 4.76. The molecule has 0 aromatic heterocycles. The van der Waals surface area contributed by atoms with Gasteiger partial charge in [-0.3, -0.25) is 0 Å². The first-order valence-corrected chi connectivity index (χ1v) is 14.9. The third-order valence-corrected chi connectivity index (χ3v) is 12.6. The molecular formula is C35H29ClSi. The minimum absolute atomic E-state index is 0.940. The summed E-state index contributed by atoms with van der Waals surface area (Å²) in [7, 11) is -2.86. The molecule has 5 aromatic rings. The van der Waals surface area contributed by atoms with Crippen LogP contribution < -0.4 is 15.6 Å². The molecule has 2 heteroatoms. The van der Waals surface area contributed by atoms with E-state index in [-0.39, 0.29) is 0 Å². The van der Waals surface area contributed by atoms with Crippen LogP contribution in [0.1, 0.15) is 11.1 Å². The van der Waals surface area contributed by atoms with Crippen LogP contribution in [0.5, 0.6) is 0 Å². The summed E-state index contributed by atoms with van der Waals surface area (Å²) < 4.78 is 0. The van der Waals surface area contributed by atoms with Crippen LogP contribution in [0.4, 0.5) is 0 Å². The molecule has 0 N–H and O–H groups in total. The Morgan fingerprint density at radius 2 is 0.892 bits per heavy atom. The van der Waals surface area contributed by atoms with Crippen molar-refractivity contribution in [2.45, 2.75) is 4.87 Å². The molecule has 1 unspecified atom stereocenters. The maximum absolute atomic E-state index is 7.85. The van der Waals surface area contributed by atoms with Gasteiger partial charge in [-0.15, -0.1) is 18.2 Å². The van der Waals surface area contributed by atoms with Crippen LogP contribution in [-0.4, -0.2) is 8.07 Å². The quantitative estimate of drug-likeness (QED) is 0.118. The summed E-state index contributed by atoms with van der Waals surface area (Å²) in [5.41, 5.74) is 2.11. The van der Waals surface area contributed by atoms with Gasteiger partial charge in [-0.25, -0.2) is 0 Å². The molecule has 5 rings (SSSR count). The van der Waals surface area contributed by atoms with Gasteiger partial charge in [-0.1, -0.05) is 164 Å². The first-order valence-electron chi connectivity index (χ1n) is 12.5. The van der Waals surface area contributed by atoms with Gasteiger partial charge in [0.1, 0.15) is 4.87 Å². The number of allylic oxidation sites excluding steroid dienone is 2. The van der Waals surface area contributed by atoms with E-state index in [1.807, 2.05) is 36.4 Å². The predicted octanol–water partition coefficient (Wildman–Crippen LogP) is 7.10. The molecule has 0 aliphatic rings. The van der Waals surface area contributed by atoms with E-state index in [4.69, 9.17) is 18.2 Å². The second-order valence-corrected chi connectivity index (χ2v) is 13.6. The maximum atomic E-state index is 7.85. The van der Waals surface area contributed by atoms with E-state index in [9.17, 15) is 0 Å². The van der Waals surface area contributed by atoms with E-state index in [1.165, 1.54) is 15.6 Å². The molecule has 0 heterocycles. The summed E-state index contributed by atoms with van der Waals surface area (Å²) >= 11 is 7.85. The Morgan fingerprint density at radius 3 is 1.30 bits per heavy atom. The number of hydrogen-bond acceptors (Lipinski definition) is 0. The lowest BCUT2D eigenvalue weighted by Crippen LogP contribution is -2.70. The lowest BCUT2D eigenvalue weighted by atomic mass is 9.96. The zero-order valence-corrected chi connectivity index (χ0v) is 22.4. The molecule has 0 saturated carbocycles. The highest BCUT2D eigenvalue weighted by Crippen LogP contribution is 2.42. The number of halogens is 1. The van der Waals surface area contributed by atoms with Crippen LogP contribution in [0.15, 0.2) is 170 Å². The molecule has 0 saturated heterocycles. The van der Waals surface area contributed by atoms with E-state index < -0.39 is 12.9 Å². The average molecular weight is 513 g/mol. The topological polar surface area (TPSA) is 0 Å². The van der Waals surface area contributed by atoms with E-state index in [2.05, 4.69) is 127 Å². The second kappa shape index (κ2) is 11.0. The normalized spacial score (nSPS) is 13.2. The highest BCUT2D eigenvalue weighted by atomic mass is 35.5. The molecular weight excluding hydrogens is 484 g/mol. The Morgan fingerprint density at radius 1 is 0.541 bits per heavy atom. The van der Waals surface area contributed by atoms with Crippen LogP contribution in [0.3, 0.4) is 0 Å². The Kier molecular flexibility index (Phi) is 7.37. The van der Waals surface area contributed by atoms with Crippen LogP contribution in [0, 0.1) is 0 Å². The van der Waals surface area contributed by atoms with E-state index in [0.29, 0.717) is 0 Å². The van der Waals surface area contributed by atoms with Gasteiger partial charge in [0.2, 0.25) is 0 Å². The van der Waals surface area contributed by atoms with E-state index >= 15 is 0 Å². The van der Waals surface area contributed by atoms with Crippen molar-refractivity contribution in [1.29, 1.82) is 0 Å². The van der Waals surface area contributed by atoms with Crippen LogP contribution in [0.2, 0.25) is 0 Å². The molecule has 0 bridgehead atoms. The number of hydrogen-bond donors (Lipinski definition) is 0. The Hall–Kier alpha value is -3.91. The lowest BCUT2D eigenvalue weighted by Gasteiger charge is -2.42. The number of benzene rings is 5. The van der Waals surface area contributed by atoms with Gasteiger partial charge < -0.3 is 0 Å². The van der Waals surface area contributed by atoms with Gasteiger partial charge in [0.15, 0.2) is 8.07 Å². The fraction of sp³-hybridized carbons (Fsp3) is 0.0286. The lowest BCUT2D eigenvalue weighted by molar-refractivity contribution is 0.951. The molecule has 0 nitrogen and oxygen atoms in total. The molecule has 0 fully saturated rings. The zero-order valence-electron chi connectivity index (χ0n) is 20.7. The Labute approximate surface area is 226 Å². The van der Waals surface area contributed by atoms with Gasteiger partial charge in [-0.2, -0.15) is 0 Å². The summed E-state index contributed by atoms with van der Waals surface area (Å²) in [6, 6.07) is 53.0. The van der Waals surface area contributed by atoms with Crippen molar-refractivity contribution in [3.8, 4) is 0 Å². The van der Waals surface area contributed by atoms with Crippen molar-refractivity contribution in [1.82, 2.24) is 0 Å². The molecule has 0 aliphatic carbocycles. The van der Waals surface area contributed by atoms with Gasteiger partial charge in [0.05, 0.1) is 0 Å². The van der Waals surface area contributed by atoms with Crippen LogP contribution in [0.25, 0.3) is 6.08 Å². The largest absolute Gasteiger partial charge is 0.177 e. The standard InChI is InChI=1S/C35H29ClSi/c1-29(35(36,31-19-9-3-10-20-31)28-27-30-17-7-2-8-18-30)37(32-21-11-4-12-22-32,33-23-13-5-14-24-33)34-25-15-6-16-26-34/h2-28H,1H2/b28-27+. The van der Waals surface area contributed by atoms with Gasteiger partial charge in [0.25, 0.3) is 0 Å². The molecule has 0 amide bonds. The van der Waals surface area contributed by atoms with Gasteiger partial charge >= 0.3 is 0 Å². The summed E-state index contributed by atoms with van der Waals surface area (Å²) in [6.07, 6.45) is 4.24. The fourth-order valence-corrected chi connectivity index (χ4v) is 10.7. The summed E-state index contributed by atoms with van der Waals surface area (Å²) in [5, 5.41) is 4.77. The monoisotopic (exact) mass is 512 g/mol. The average Bonchev–Trinajstić information content (AvgIpc) is 2.99. The second-order valence-electron chi connectivity index (χ2n) is 9.15. The van der Waals surface area contributed by atoms with Crippen LogP contribution in [-0.2, 0) is 4.87 Å². The molecule has 0 spiro atoms. The summed E-state index contributed by atoms with van der Waals surface area (Å²) in [6.45, 7) is 4.90. The maximum Gasteiger partial charge on any atom is 0.177 e. The molecule has 37 heavy (non-hydrogen) atoms. The predicted molar refractivity (Wildman–Crippen MR) is 163 cm³/mol. The first-order chi connectivity index (χ1) is 18.2. The van der Waals surface area contributed by atoms with Crippen molar-refractivity contribution in [2.75, 3.05) is 0 Å². The minimum Gasteiger partial charge on any atom is -0.105 e. The zero-order chi connectivity index (χ0) is 25.6. The van der Waals surface area contributed by atoms with Gasteiger partial charge in [0, 0.05) is 0 Å². The molecule has 180 valence electrons. The van der Waals surface area contributed by atoms with Crippen LogP contribution >= 0.6 is 11.6 Å². The van der Waals surface area contributed by atoms with E-state index in [0.717, 1.165) is 16.3 Å². The SMILES string of the molecule is C=C(C(Cl)(/C=C/c1ccccc1)c1ccccc1)[Si](c1ccccc1)(c1ccccc1)c1ccccc1. The van der Waals surface area contributed by atoms with Gasteiger partial charge in [-0.05, 0) is 31.9 Å². The highest BCUT2D eigenvalue weighted by Gasteiger charge is 2.49. The third-order valence-electron chi connectivity index (χ3n) is 7.01. The van der Waals surface area contributed by atoms with Crippen molar-refractivity contribution in [3.05, 3.63) is 181 Å². The van der Waals surface area contributed by atoms with Crippen molar-refractivity contribution >= 4 is 41.3 Å². The Balaban J connectivity index is 1.83. The van der Waals surface area contributed by atoms with E-state index in [1.54, 1.807) is 0 Å². The summed E-state index contributed by atoms with van der Waals surface area (Å²) in [4.78, 5) is -0.940. The minimum atomic E-state index is -2.86. The summed E-state index contributed by atoms with van der Waals surface area (Å²) in [5.74, 6) is 0. The van der Waals surface area contributed by atoms with Crippen molar-refractivity contribution in [2.24, 2.45) is 0 Å². The highest BCUT2D eigenvalue weighted by molar-refractivity contribution is 7.16. The smallest absolute Gasteiger partial charge is 0.105 e. The fourth-order valence-electron chi connectivity index (χ4n) is 5.19. The Bertz CT molecular complexity index is 1370. The van der Waals surface area contributed by atoms with Crippen molar-refractivity contribution in [3.63, 3.8) is 0 Å². The van der Waals surface area contributed by atoms with Crippen molar-refractivity contribution < 1.29 is 0 Å². The molecule has 5 aromatic carbocycles.